The van der Waals surface area contributed by atoms with E-state index in [1.807, 2.05) is 30.3 Å². The number of fused-ring (bicyclic) bond motifs is 1. The molecule has 0 spiro atoms. The average molecular weight is 199 g/mol. The summed E-state index contributed by atoms with van der Waals surface area (Å²) in [5.41, 5.74) is 0.952. The maximum atomic E-state index is 9.47. The number of nitrogens with one attached hydrogen (secondary N) is 1. The van der Waals surface area contributed by atoms with Gasteiger partial charge in [0.1, 0.15) is 5.60 Å². The van der Waals surface area contributed by atoms with Gasteiger partial charge in [0.05, 0.1) is 5.69 Å². The molecule has 0 aliphatic rings. The minimum Gasteiger partial charge on any atom is -0.378 e. The van der Waals surface area contributed by atoms with Crippen molar-refractivity contribution in [3.8, 4) is 11.8 Å². The van der Waals surface area contributed by atoms with Crippen molar-refractivity contribution in [3.05, 3.63) is 36.0 Å². The first-order valence-electron chi connectivity index (χ1n) is 4.88. The number of para-hydroxylation sites is 1. The van der Waals surface area contributed by atoms with Crippen molar-refractivity contribution in [2.75, 3.05) is 0 Å². The summed E-state index contributed by atoms with van der Waals surface area (Å²) in [6, 6.07) is 9.98. The van der Waals surface area contributed by atoms with Crippen LogP contribution in [0.15, 0.2) is 30.3 Å². The van der Waals surface area contributed by atoms with Crippen LogP contribution >= 0.6 is 0 Å². The Morgan fingerprint density at radius 2 is 2.00 bits per heavy atom. The first-order chi connectivity index (χ1) is 7.04. The van der Waals surface area contributed by atoms with Gasteiger partial charge in [0.25, 0.3) is 0 Å². The molecule has 0 amide bonds. The lowest BCUT2D eigenvalue weighted by molar-refractivity contribution is 0.143. The van der Waals surface area contributed by atoms with Crippen LogP contribution < -0.4 is 0 Å². The highest BCUT2D eigenvalue weighted by Gasteiger charge is 2.06. The van der Waals surface area contributed by atoms with Crippen molar-refractivity contribution in [1.82, 2.24) is 4.98 Å². The Morgan fingerprint density at radius 3 is 2.67 bits per heavy atom. The van der Waals surface area contributed by atoms with E-state index in [4.69, 9.17) is 0 Å². The van der Waals surface area contributed by atoms with E-state index in [2.05, 4.69) is 16.8 Å². The van der Waals surface area contributed by atoms with Gasteiger partial charge in [0.15, 0.2) is 0 Å². The molecule has 2 N–H and O–H groups in total. The molecule has 0 radical (unpaired) electrons. The average Bonchev–Trinajstić information content (AvgIpc) is 2.56. The molecule has 76 valence electrons. The molecule has 1 heterocycles. The lowest BCUT2D eigenvalue weighted by Crippen LogP contribution is -2.14. The van der Waals surface area contributed by atoms with Crippen molar-refractivity contribution in [3.63, 3.8) is 0 Å². The summed E-state index contributed by atoms with van der Waals surface area (Å²) in [5, 5.41) is 10.6. The summed E-state index contributed by atoms with van der Waals surface area (Å²) in [7, 11) is 0. The molecule has 0 saturated heterocycles. The third kappa shape index (κ3) is 2.39. The zero-order chi connectivity index (χ0) is 10.9. The molecule has 2 heteroatoms. The molecule has 1 aromatic carbocycles. The Kier molecular flexibility index (Phi) is 2.26. The van der Waals surface area contributed by atoms with Gasteiger partial charge in [0.2, 0.25) is 0 Å². The van der Waals surface area contributed by atoms with Crippen molar-refractivity contribution < 1.29 is 5.11 Å². The Labute approximate surface area is 88.9 Å². The summed E-state index contributed by atoms with van der Waals surface area (Å²) in [5.74, 6) is 5.69. The van der Waals surface area contributed by atoms with E-state index in [9.17, 15) is 5.11 Å². The third-order valence-corrected chi connectivity index (χ3v) is 2.03. The van der Waals surface area contributed by atoms with Crippen LogP contribution in [0.1, 0.15) is 19.5 Å². The van der Waals surface area contributed by atoms with Crippen molar-refractivity contribution in [2.24, 2.45) is 0 Å². The van der Waals surface area contributed by atoms with E-state index in [0.29, 0.717) is 0 Å². The van der Waals surface area contributed by atoms with Crippen LogP contribution in [0.3, 0.4) is 0 Å². The molecule has 2 rings (SSSR count). The maximum absolute atomic E-state index is 9.47. The first kappa shape index (κ1) is 9.82. The fraction of sp³-hybridized carbons (Fsp3) is 0.231. The first-order valence-corrected chi connectivity index (χ1v) is 4.88. The highest BCUT2D eigenvalue weighted by atomic mass is 16.3. The molecule has 0 aliphatic carbocycles. The van der Waals surface area contributed by atoms with Gasteiger partial charge < -0.3 is 10.1 Å². The molecule has 0 fully saturated rings. The SMILES string of the molecule is CC(C)(O)C#Cc1cc2ccccc2[nH]1. The lowest BCUT2D eigenvalue weighted by Gasteiger charge is -2.05. The molecule has 2 nitrogen and oxygen atoms in total. The number of aliphatic hydroxyl groups is 1. The van der Waals surface area contributed by atoms with Crippen LogP contribution in [0.4, 0.5) is 0 Å². The molecule has 1 aromatic heterocycles. The monoisotopic (exact) mass is 199 g/mol. The lowest BCUT2D eigenvalue weighted by atomic mass is 10.1. The molecule has 15 heavy (non-hydrogen) atoms. The normalized spacial score (nSPS) is 11.1. The zero-order valence-corrected chi connectivity index (χ0v) is 8.83. The largest absolute Gasteiger partial charge is 0.378 e. The van der Waals surface area contributed by atoms with E-state index in [-0.39, 0.29) is 0 Å². The van der Waals surface area contributed by atoms with Crippen LogP contribution in [0, 0.1) is 11.8 Å². The molecule has 0 bridgehead atoms. The van der Waals surface area contributed by atoms with Crippen molar-refractivity contribution >= 4 is 10.9 Å². The third-order valence-electron chi connectivity index (χ3n) is 2.03. The summed E-state index contributed by atoms with van der Waals surface area (Å²) >= 11 is 0. The second-order valence-corrected chi connectivity index (χ2v) is 4.08. The second kappa shape index (κ2) is 3.45. The Balaban J connectivity index is 2.41. The Bertz CT molecular complexity index is 502. The molecular weight excluding hydrogens is 186 g/mol. The number of aromatic nitrogens is 1. The number of hydrogen-bond donors (Lipinski definition) is 2. The number of benzene rings is 1. The minimum atomic E-state index is -0.947. The smallest absolute Gasteiger partial charge is 0.120 e. The van der Waals surface area contributed by atoms with Crippen LogP contribution in [-0.4, -0.2) is 15.7 Å². The fourth-order valence-electron chi connectivity index (χ4n) is 1.36. The number of rotatable bonds is 0. The van der Waals surface area contributed by atoms with Crippen LogP contribution in [-0.2, 0) is 0 Å². The van der Waals surface area contributed by atoms with Crippen molar-refractivity contribution in [1.29, 1.82) is 0 Å². The quantitative estimate of drug-likeness (QED) is 0.627. The van der Waals surface area contributed by atoms with Crippen molar-refractivity contribution in [2.45, 2.75) is 19.4 Å². The summed E-state index contributed by atoms with van der Waals surface area (Å²) in [6.45, 7) is 3.34. The van der Waals surface area contributed by atoms with E-state index in [0.717, 1.165) is 16.6 Å². The van der Waals surface area contributed by atoms with Gasteiger partial charge in [-0.15, -0.1) is 0 Å². The highest BCUT2D eigenvalue weighted by molar-refractivity contribution is 5.81. The topological polar surface area (TPSA) is 36.0 Å². The highest BCUT2D eigenvalue weighted by Crippen LogP contribution is 2.13. The number of aromatic amines is 1. The Morgan fingerprint density at radius 1 is 1.27 bits per heavy atom. The number of H-pyrrole nitrogens is 1. The summed E-state index contributed by atoms with van der Waals surface area (Å²) < 4.78 is 0. The van der Waals surface area contributed by atoms with Gasteiger partial charge >= 0.3 is 0 Å². The van der Waals surface area contributed by atoms with Gasteiger partial charge in [-0.25, -0.2) is 0 Å². The zero-order valence-electron chi connectivity index (χ0n) is 8.83. The maximum Gasteiger partial charge on any atom is 0.120 e. The molecule has 0 aliphatic heterocycles. The van der Waals surface area contributed by atoms with Gasteiger partial charge in [0, 0.05) is 10.9 Å². The molecule has 2 aromatic rings. The predicted molar refractivity (Wildman–Crippen MR) is 61.5 cm³/mol. The van der Waals surface area contributed by atoms with Gasteiger partial charge in [-0.05, 0) is 31.9 Å². The Hall–Kier alpha value is -1.72. The predicted octanol–water partition coefficient (Wildman–Crippen LogP) is 2.29. The molecule has 0 atom stereocenters. The fourth-order valence-corrected chi connectivity index (χ4v) is 1.36. The summed E-state index contributed by atoms with van der Waals surface area (Å²) in [6.07, 6.45) is 0. The van der Waals surface area contributed by atoms with Crippen LogP contribution in [0.2, 0.25) is 0 Å². The van der Waals surface area contributed by atoms with Gasteiger partial charge in [-0.1, -0.05) is 24.1 Å². The van der Waals surface area contributed by atoms with Gasteiger partial charge in [-0.3, -0.25) is 0 Å². The van der Waals surface area contributed by atoms with Gasteiger partial charge in [-0.2, -0.15) is 0 Å². The van der Waals surface area contributed by atoms with E-state index < -0.39 is 5.60 Å². The second-order valence-electron chi connectivity index (χ2n) is 4.08. The number of hydrogen-bond acceptors (Lipinski definition) is 1. The minimum absolute atomic E-state index is 0.832. The van der Waals surface area contributed by atoms with E-state index >= 15 is 0 Å². The van der Waals surface area contributed by atoms with E-state index in [1.165, 1.54) is 0 Å². The molecule has 0 saturated carbocycles. The summed E-state index contributed by atoms with van der Waals surface area (Å²) in [4.78, 5) is 3.18. The molecule has 0 unspecified atom stereocenters. The standard InChI is InChI=1S/C13H13NO/c1-13(2,15)8-7-11-9-10-5-3-4-6-12(10)14-11/h3-6,9,14-15H,1-2H3. The van der Waals surface area contributed by atoms with Crippen LogP contribution in [0.25, 0.3) is 10.9 Å². The van der Waals surface area contributed by atoms with E-state index in [1.54, 1.807) is 13.8 Å². The van der Waals surface area contributed by atoms with Crippen LogP contribution in [0.5, 0.6) is 0 Å². The molecular formula is C13H13NO.